The van der Waals surface area contributed by atoms with E-state index in [9.17, 15) is 0 Å². The van der Waals surface area contributed by atoms with E-state index in [1.165, 1.54) is 43.4 Å². The van der Waals surface area contributed by atoms with E-state index in [1.807, 2.05) is 0 Å². The largest absolute Gasteiger partial charge is 0.330 e. The third-order valence-corrected chi connectivity index (χ3v) is 3.82. The molecule has 0 saturated carbocycles. The van der Waals surface area contributed by atoms with Crippen molar-refractivity contribution in [2.45, 2.75) is 58.4 Å². The van der Waals surface area contributed by atoms with E-state index in [1.54, 1.807) is 0 Å². The number of rotatable bonds is 9. The number of aromatic nitrogens is 2. The van der Waals surface area contributed by atoms with Gasteiger partial charge in [0.25, 0.3) is 0 Å². The molecular formula is C17H27N3. The van der Waals surface area contributed by atoms with Gasteiger partial charge in [-0.3, -0.25) is 0 Å². The van der Waals surface area contributed by atoms with Crippen molar-refractivity contribution in [3.63, 3.8) is 0 Å². The molecule has 0 aliphatic rings. The van der Waals surface area contributed by atoms with Gasteiger partial charge in [0.2, 0.25) is 0 Å². The molecule has 0 radical (unpaired) electrons. The highest BCUT2D eigenvalue weighted by atomic mass is 15.1. The van der Waals surface area contributed by atoms with Gasteiger partial charge in [0.15, 0.2) is 0 Å². The molecule has 1 aromatic heterocycles. The maximum atomic E-state index is 5.56. The van der Waals surface area contributed by atoms with E-state index >= 15 is 0 Å². The average molecular weight is 273 g/mol. The summed E-state index contributed by atoms with van der Waals surface area (Å²) in [5, 5.41) is 0. The molecule has 0 atom stereocenters. The van der Waals surface area contributed by atoms with Gasteiger partial charge in [-0.2, -0.15) is 0 Å². The molecule has 0 aliphatic heterocycles. The summed E-state index contributed by atoms with van der Waals surface area (Å²) in [5.41, 5.74) is 7.99. The minimum absolute atomic E-state index is 0.799. The molecule has 2 N–H and O–H groups in total. The van der Waals surface area contributed by atoms with Crippen molar-refractivity contribution in [1.82, 2.24) is 9.55 Å². The lowest BCUT2D eigenvalue weighted by Crippen LogP contribution is -2.05. The summed E-state index contributed by atoms with van der Waals surface area (Å²) in [5.74, 6) is 1.25. The van der Waals surface area contributed by atoms with E-state index in [-0.39, 0.29) is 0 Å². The fraction of sp³-hybridized carbons (Fsp3) is 0.588. The molecule has 1 aromatic carbocycles. The standard InChI is InChI=1S/C17H27N3/c1-2-3-9-14-20-16-11-7-6-10-15(16)19-17(20)12-5-4-8-13-18/h6-7,10-11H,2-5,8-9,12-14,18H2,1H3. The predicted molar refractivity (Wildman–Crippen MR) is 85.9 cm³/mol. The highest BCUT2D eigenvalue weighted by molar-refractivity contribution is 5.75. The third kappa shape index (κ3) is 3.83. The Kier molecular flexibility index (Phi) is 6.06. The average Bonchev–Trinajstić information content (AvgIpc) is 2.82. The summed E-state index contributed by atoms with van der Waals surface area (Å²) in [4.78, 5) is 4.82. The second-order valence-corrected chi connectivity index (χ2v) is 5.47. The predicted octanol–water partition coefficient (Wildman–Crippen LogP) is 3.90. The number of nitrogens with two attached hydrogens (primary N) is 1. The lowest BCUT2D eigenvalue weighted by Gasteiger charge is -2.08. The molecule has 1 heterocycles. The monoisotopic (exact) mass is 273 g/mol. The summed E-state index contributed by atoms with van der Waals surface area (Å²) in [6.07, 6.45) is 8.38. The number of aryl methyl sites for hydroxylation is 2. The van der Waals surface area contributed by atoms with Crippen molar-refractivity contribution in [2.24, 2.45) is 5.73 Å². The molecule has 0 bridgehead atoms. The van der Waals surface area contributed by atoms with Crippen molar-refractivity contribution >= 4 is 11.0 Å². The zero-order valence-electron chi connectivity index (χ0n) is 12.6. The first-order valence-electron chi connectivity index (χ1n) is 8.01. The summed E-state index contributed by atoms with van der Waals surface area (Å²) >= 11 is 0. The number of hydrogen-bond donors (Lipinski definition) is 1. The van der Waals surface area contributed by atoms with Crippen LogP contribution in [0.15, 0.2) is 24.3 Å². The van der Waals surface area contributed by atoms with Crippen LogP contribution in [0.5, 0.6) is 0 Å². The Bertz CT molecular complexity index is 516. The van der Waals surface area contributed by atoms with Crippen LogP contribution in [0.4, 0.5) is 0 Å². The van der Waals surface area contributed by atoms with Crippen LogP contribution in [0, 0.1) is 0 Å². The molecule has 3 heteroatoms. The van der Waals surface area contributed by atoms with Crippen molar-refractivity contribution in [3.05, 3.63) is 30.1 Å². The molecule has 0 fully saturated rings. The maximum Gasteiger partial charge on any atom is 0.109 e. The normalized spacial score (nSPS) is 11.3. The first-order valence-corrected chi connectivity index (χ1v) is 8.01. The third-order valence-electron chi connectivity index (χ3n) is 3.82. The molecule has 0 unspecified atom stereocenters. The number of hydrogen-bond acceptors (Lipinski definition) is 2. The van der Waals surface area contributed by atoms with Crippen LogP contribution in [-0.4, -0.2) is 16.1 Å². The Labute approximate surface area is 122 Å². The minimum atomic E-state index is 0.799. The van der Waals surface area contributed by atoms with Crippen LogP contribution < -0.4 is 5.73 Å². The van der Waals surface area contributed by atoms with E-state index in [2.05, 4.69) is 35.8 Å². The molecular weight excluding hydrogens is 246 g/mol. The number of unbranched alkanes of at least 4 members (excludes halogenated alkanes) is 4. The van der Waals surface area contributed by atoms with Crippen LogP contribution in [0.2, 0.25) is 0 Å². The number of para-hydroxylation sites is 2. The molecule has 0 amide bonds. The Morgan fingerprint density at radius 2 is 1.90 bits per heavy atom. The quantitative estimate of drug-likeness (QED) is 0.704. The van der Waals surface area contributed by atoms with Crippen molar-refractivity contribution in [2.75, 3.05) is 6.54 Å². The topological polar surface area (TPSA) is 43.8 Å². The molecule has 0 spiro atoms. The van der Waals surface area contributed by atoms with Gasteiger partial charge < -0.3 is 10.3 Å². The Morgan fingerprint density at radius 1 is 1.05 bits per heavy atom. The molecule has 110 valence electrons. The van der Waals surface area contributed by atoms with E-state index in [4.69, 9.17) is 10.7 Å². The fourth-order valence-corrected chi connectivity index (χ4v) is 2.69. The zero-order chi connectivity index (χ0) is 14.2. The number of imidazole rings is 1. The van der Waals surface area contributed by atoms with Crippen molar-refractivity contribution < 1.29 is 0 Å². The summed E-state index contributed by atoms with van der Waals surface area (Å²) in [6.45, 7) is 4.15. The SMILES string of the molecule is CCCCCn1c(CCCCCN)nc2ccccc21. The second-order valence-electron chi connectivity index (χ2n) is 5.47. The molecule has 2 aromatic rings. The summed E-state index contributed by atoms with van der Waals surface area (Å²) in [7, 11) is 0. The lowest BCUT2D eigenvalue weighted by molar-refractivity contribution is 0.576. The number of fused-ring (bicyclic) bond motifs is 1. The van der Waals surface area contributed by atoms with E-state index in [0.717, 1.165) is 31.4 Å². The van der Waals surface area contributed by atoms with Gasteiger partial charge in [-0.15, -0.1) is 0 Å². The smallest absolute Gasteiger partial charge is 0.109 e. The first-order chi connectivity index (χ1) is 9.86. The van der Waals surface area contributed by atoms with Gasteiger partial charge in [0.05, 0.1) is 11.0 Å². The molecule has 20 heavy (non-hydrogen) atoms. The molecule has 0 aliphatic carbocycles. The number of nitrogens with zero attached hydrogens (tertiary/aromatic N) is 2. The van der Waals surface area contributed by atoms with Gasteiger partial charge in [0.1, 0.15) is 5.82 Å². The Morgan fingerprint density at radius 3 is 2.70 bits per heavy atom. The highest BCUT2D eigenvalue weighted by Gasteiger charge is 2.09. The van der Waals surface area contributed by atoms with Gasteiger partial charge in [-0.1, -0.05) is 38.3 Å². The molecule has 3 nitrogen and oxygen atoms in total. The first kappa shape index (κ1) is 15.0. The van der Waals surface area contributed by atoms with Crippen LogP contribution in [0.25, 0.3) is 11.0 Å². The van der Waals surface area contributed by atoms with E-state index in [0.29, 0.717) is 0 Å². The maximum absolute atomic E-state index is 5.56. The van der Waals surface area contributed by atoms with Gasteiger partial charge >= 0.3 is 0 Å². The summed E-state index contributed by atoms with van der Waals surface area (Å²) in [6, 6.07) is 8.50. The summed E-state index contributed by atoms with van der Waals surface area (Å²) < 4.78 is 2.42. The second kappa shape index (κ2) is 8.05. The van der Waals surface area contributed by atoms with Gasteiger partial charge in [-0.05, 0) is 37.9 Å². The van der Waals surface area contributed by atoms with Crippen LogP contribution in [0.3, 0.4) is 0 Å². The molecule has 2 rings (SSSR count). The minimum Gasteiger partial charge on any atom is -0.330 e. The zero-order valence-corrected chi connectivity index (χ0v) is 12.6. The van der Waals surface area contributed by atoms with Crippen LogP contribution in [0.1, 0.15) is 51.3 Å². The Balaban J connectivity index is 2.11. The lowest BCUT2D eigenvalue weighted by atomic mass is 10.2. The molecule has 0 saturated heterocycles. The van der Waals surface area contributed by atoms with Crippen molar-refractivity contribution in [3.8, 4) is 0 Å². The van der Waals surface area contributed by atoms with E-state index < -0.39 is 0 Å². The van der Waals surface area contributed by atoms with Gasteiger partial charge in [0, 0.05) is 13.0 Å². The van der Waals surface area contributed by atoms with Crippen LogP contribution in [-0.2, 0) is 13.0 Å². The van der Waals surface area contributed by atoms with Gasteiger partial charge in [-0.25, -0.2) is 4.98 Å². The Hall–Kier alpha value is -1.35. The van der Waals surface area contributed by atoms with Crippen LogP contribution >= 0.6 is 0 Å². The van der Waals surface area contributed by atoms with Crippen molar-refractivity contribution in [1.29, 1.82) is 0 Å². The highest BCUT2D eigenvalue weighted by Crippen LogP contribution is 2.18. The number of benzene rings is 1. The fourth-order valence-electron chi connectivity index (χ4n) is 2.69.